The standard InChI is InChI=1S/C18H10Cl4N2/c19-13-14(20)16(22)18-17(15(13)21)23-9-24(18)8-10-5-6-11-3-1-2-4-12(11)7-10/h1-7,9H,8H2. The fraction of sp³-hybridized carbons (Fsp3) is 0.0556. The molecule has 3 aromatic carbocycles. The molecule has 1 heterocycles. The number of halogens is 4. The van der Waals surface area contributed by atoms with Crippen molar-refractivity contribution >= 4 is 68.2 Å². The van der Waals surface area contributed by atoms with Crippen molar-refractivity contribution in [3.8, 4) is 0 Å². The monoisotopic (exact) mass is 394 g/mol. The highest BCUT2D eigenvalue weighted by atomic mass is 35.5. The number of benzene rings is 3. The number of fused-ring (bicyclic) bond motifs is 2. The lowest BCUT2D eigenvalue weighted by molar-refractivity contribution is 0.826. The molecule has 4 rings (SSSR count). The predicted molar refractivity (Wildman–Crippen MR) is 103 cm³/mol. The van der Waals surface area contributed by atoms with Crippen LogP contribution in [0.3, 0.4) is 0 Å². The van der Waals surface area contributed by atoms with Crippen LogP contribution in [-0.2, 0) is 6.54 Å². The summed E-state index contributed by atoms with van der Waals surface area (Å²) in [4.78, 5) is 4.34. The van der Waals surface area contributed by atoms with Crippen LogP contribution < -0.4 is 0 Å². The molecule has 2 nitrogen and oxygen atoms in total. The van der Waals surface area contributed by atoms with E-state index in [0.29, 0.717) is 27.6 Å². The number of hydrogen-bond donors (Lipinski definition) is 0. The van der Waals surface area contributed by atoms with E-state index in [1.807, 2.05) is 16.7 Å². The number of imidazole rings is 1. The van der Waals surface area contributed by atoms with E-state index in [9.17, 15) is 0 Å². The molecule has 0 fully saturated rings. The second-order valence-electron chi connectivity index (χ2n) is 5.51. The van der Waals surface area contributed by atoms with Crippen LogP contribution in [0.4, 0.5) is 0 Å². The first-order valence-corrected chi connectivity index (χ1v) is 8.72. The summed E-state index contributed by atoms with van der Waals surface area (Å²) >= 11 is 24.9. The van der Waals surface area contributed by atoms with Crippen molar-refractivity contribution < 1.29 is 0 Å². The highest BCUT2D eigenvalue weighted by Crippen LogP contribution is 2.42. The summed E-state index contributed by atoms with van der Waals surface area (Å²) in [6, 6.07) is 14.6. The van der Waals surface area contributed by atoms with Gasteiger partial charge in [-0.3, -0.25) is 0 Å². The van der Waals surface area contributed by atoms with Crippen molar-refractivity contribution in [3.63, 3.8) is 0 Å². The minimum Gasteiger partial charge on any atom is -0.325 e. The van der Waals surface area contributed by atoms with Gasteiger partial charge in [0.25, 0.3) is 0 Å². The third kappa shape index (κ3) is 2.55. The maximum atomic E-state index is 6.38. The van der Waals surface area contributed by atoms with E-state index >= 15 is 0 Å². The van der Waals surface area contributed by atoms with Gasteiger partial charge in [-0.05, 0) is 22.4 Å². The summed E-state index contributed by atoms with van der Waals surface area (Å²) in [5, 5.41) is 3.54. The molecule has 0 unspecified atom stereocenters. The maximum absolute atomic E-state index is 6.38. The smallest absolute Gasteiger partial charge is 0.110 e. The Morgan fingerprint density at radius 1 is 0.792 bits per heavy atom. The van der Waals surface area contributed by atoms with Gasteiger partial charge < -0.3 is 4.57 Å². The Kier molecular flexibility index (Phi) is 4.09. The molecule has 0 saturated carbocycles. The van der Waals surface area contributed by atoms with E-state index in [-0.39, 0.29) is 10.0 Å². The molecule has 24 heavy (non-hydrogen) atoms. The van der Waals surface area contributed by atoms with Gasteiger partial charge in [-0.2, -0.15) is 0 Å². The molecule has 0 saturated heterocycles. The normalized spacial score (nSPS) is 11.5. The Bertz CT molecular complexity index is 1090. The Balaban J connectivity index is 1.84. The van der Waals surface area contributed by atoms with Crippen molar-refractivity contribution in [2.75, 3.05) is 0 Å². The molecular formula is C18H10Cl4N2. The third-order valence-electron chi connectivity index (χ3n) is 4.00. The van der Waals surface area contributed by atoms with Crippen LogP contribution in [0.25, 0.3) is 21.8 Å². The largest absolute Gasteiger partial charge is 0.325 e. The molecule has 0 amide bonds. The number of aromatic nitrogens is 2. The summed E-state index contributed by atoms with van der Waals surface area (Å²) in [6.07, 6.45) is 1.70. The van der Waals surface area contributed by atoms with E-state index in [0.717, 1.165) is 5.56 Å². The lowest BCUT2D eigenvalue weighted by Gasteiger charge is -2.09. The van der Waals surface area contributed by atoms with E-state index in [1.165, 1.54) is 10.8 Å². The lowest BCUT2D eigenvalue weighted by Crippen LogP contribution is -1.98. The van der Waals surface area contributed by atoms with Crippen LogP contribution in [0.15, 0.2) is 48.8 Å². The first kappa shape index (κ1) is 16.0. The fourth-order valence-electron chi connectivity index (χ4n) is 2.83. The minimum absolute atomic E-state index is 0.229. The predicted octanol–water partition coefficient (Wildman–Crippen LogP) is 6.85. The fourth-order valence-corrected chi connectivity index (χ4v) is 3.82. The van der Waals surface area contributed by atoms with Gasteiger partial charge >= 0.3 is 0 Å². The van der Waals surface area contributed by atoms with Crippen molar-refractivity contribution in [3.05, 3.63) is 74.4 Å². The van der Waals surface area contributed by atoms with Crippen molar-refractivity contribution in [1.82, 2.24) is 9.55 Å². The van der Waals surface area contributed by atoms with Gasteiger partial charge in [-0.15, -0.1) is 0 Å². The molecule has 0 aliphatic carbocycles. The first-order chi connectivity index (χ1) is 11.6. The second kappa shape index (κ2) is 6.12. The molecule has 0 aliphatic heterocycles. The molecular weight excluding hydrogens is 386 g/mol. The highest BCUT2D eigenvalue weighted by molar-refractivity contribution is 6.55. The van der Waals surface area contributed by atoms with E-state index in [1.54, 1.807) is 6.33 Å². The Morgan fingerprint density at radius 2 is 1.50 bits per heavy atom. The van der Waals surface area contributed by atoms with Crippen LogP contribution in [0, 0.1) is 0 Å². The molecule has 120 valence electrons. The average Bonchev–Trinajstić information content (AvgIpc) is 3.01. The summed E-state index contributed by atoms with van der Waals surface area (Å²) in [5.74, 6) is 0. The van der Waals surface area contributed by atoms with Crippen molar-refractivity contribution in [2.24, 2.45) is 0 Å². The molecule has 1 aromatic heterocycles. The van der Waals surface area contributed by atoms with Crippen LogP contribution in [0.2, 0.25) is 20.1 Å². The van der Waals surface area contributed by atoms with Crippen LogP contribution in [-0.4, -0.2) is 9.55 Å². The first-order valence-electron chi connectivity index (χ1n) is 7.20. The van der Waals surface area contributed by atoms with Crippen LogP contribution in [0.5, 0.6) is 0 Å². The zero-order valence-electron chi connectivity index (χ0n) is 12.2. The van der Waals surface area contributed by atoms with Gasteiger partial charge in [-0.1, -0.05) is 82.8 Å². The summed E-state index contributed by atoms with van der Waals surface area (Å²) in [5.41, 5.74) is 2.37. The van der Waals surface area contributed by atoms with Crippen LogP contribution >= 0.6 is 46.4 Å². The highest BCUT2D eigenvalue weighted by Gasteiger charge is 2.19. The van der Waals surface area contributed by atoms with Crippen LogP contribution in [0.1, 0.15) is 5.56 Å². The molecule has 0 N–H and O–H groups in total. The van der Waals surface area contributed by atoms with Gasteiger partial charge in [0, 0.05) is 6.54 Å². The van der Waals surface area contributed by atoms with E-state index in [2.05, 4.69) is 35.3 Å². The van der Waals surface area contributed by atoms with Gasteiger partial charge in [-0.25, -0.2) is 4.98 Å². The molecule has 0 radical (unpaired) electrons. The molecule has 0 aliphatic rings. The van der Waals surface area contributed by atoms with Crippen molar-refractivity contribution in [1.29, 1.82) is 0 Å². The van der Waals surface area contributed by atoms with Gasteiger partial charge in [0.05, 0.1) is 31.9 Å². The molecule has 4 aromatic rings. The average molecular weight is 396 g/mol. The summed E-state index contributed by atoms with van der Waals surface area (Å²) in [6.45, 7) is 0.606. The van der Waals surface area contributed by atoms with Crippen molar-refractivity contribution in [2.45, 2.75) is 6.54 Å². The van der Waals surface area contributed by atoms with Gasteiger partial charge in [0.2, 0.25) is 0 Å². The third-order valence-corrected chi connectivity index (χ3v) is 5.78. The molecule has 0 spiro atoms. The SMILES string of the molecule is Clc1c(Cl)c(Cl)c2c(ncn2Cc2ccc3ccccc3c2)c1Cl. The molecule has 6 heteroatoms. The Labute approximate surface area is 158 Å². The topological polar surface area (TPSA) is 17.8 Å². The number of nitrogens with zero attached hydrogens (tertiary/aromatic N) is 2. The zero-order valence-corrected chi connectivity index (χ0v) is 15.3. The van der Waals surface area contributed by atoms with Gasteiger partial charge in [0.1, 0.15) is 5.52 Å². The Morgan fingerprint density at radius 3 is 2.29 bits per heavy atom. The maximum Gasteiger partial charge on any atom is 0.110 e. The van der Waals surface area contributed by atoms with E-state index in [4.69, 9.17) is 46.4 Å². The molecule has 0 atom stereocenters. The lowest BCUT2D eigenvalue weighted by atomic mass is 10.1. The minimum atomic E-state index is 0.229. The zero-order chi connectivity index (χ0) is 16.8. The quantitative estimate of drug-likeness (QED) is 0.268. The van der Waals surface area contributed by atoms with E-state index < -0.39 is 0 Å². The summed E-state index contributed by atoms with van der Waals surface area (Å²) in [7, 11) is 0. The second-order valence-corrected chi connectivity index (χ2v) is 7.02. The summed E-state index contributed by atoms with van der Waals surface area (Å²) < 4.78 is 1.93. The number of rotatable bonds is 2. The molecule has 0 bridgehead atoms. The number of hydrogen-bond acceptors (Lipinski definition) is 1. The Hall–Kier alpha value is -1.45. The van der Waals surface area contributed by atoms with Gasteiger partial charge in [0.15, 0.2) is 0 Å².